The number of methoxy groups -OCH3 is 1. The van der Waals surface area contributed by atoms with E-state index in [0.29, 0.717) is 16.9 Å². The van der Waals surface area contributed by atoms with E-state index in [1.54, 1.807) is 49.4 Å². The fourth-order valence-corrected chi connectivity index (χ4v) is 2.39. The van der Waals surface area contributed by atoms with Crippen molar-refractivity contribution in [3.05, 3.63) is 65.2 Å². The predicted molar refractivity (Wildman–Crippen MR) is 102 cm³/mol. The number of amides is 1. The van der Waals surface area contributed by atoms with Gasteiger partial charge < -0.3 is 20.5 Å². The van der Waals surface area contributed by atoms with E-state index in [2.05, 4.69) is 10.1 Å². The van der Waals surface area contributed by atoms with Gasteiger partial charge in [0.05, 0.1) is 13.5 Å². The number of rotatable bonds is 8. The van der Waals surface area contributed by atoms with Gasteiger partial charge in [0, 0.05) is 17.2 Å². The van der Waals surface area contributed by atoms with Gasteiger partial charge in [-0.25, -0.2) is 0 Å². The molecule has 0 saturated carbocycles. The first kappa shape index (κ1) is 20.0. The van der Waals surface area contributed by atoms with Crippen molar-refractivity contribution in [3.63, 3.8) is 0 Å². The van der Waals surface area contributed by atoms with Gasteiger partial charge in [0.1, 0.15) is 18.2 Å². The monoisotopic (exact) mass is 369 g/mol. The lowest BCUT2D eigenvalue weighted by molar-refractivity contribution is -0.141. The summed E-state index contributed by atoms with van der Waals surface area (Å²) in [5.41, 5.74) is 7.37. The third-order valence-electron chi connectivity index (χ3n) is 3.84. The number of esters is 1. The van der Waals surface area contributed by atoms with Crippen LogP contribution in [-0.2, 0) is 16.1 Å². The minimum absolute atomic E-state index is 0.00157. The molecule has 0 saturated heterocycles. The van der Waals surface area contributed by atoms with Crippen molar-refractivity contribution in [2.45, 2.75) is 26.0 Å². The molecule has 2 rings (SSSR count). The van der Waals surface area contributed by atoms with Crippen molar-refractivity contribution in [3.8, 4) is 5.75 Å². The van der Waals surface area contributed by atoms with Crippen LogP contribution in [0.15, 0.2) is 48.5 Å². The Labute approximate surface area is 158 Å². The standard InChI is InChI=1S/C20H23N3O4/c1-13(10-18(24)26-2)23-20(25)16-5-3-4-14(11-16)12-27-17-8-6-15(7-9-17)19(21)22/h3-9,11,13H,10,12H2,1-2H3,(H3,21,22)(H,23,25). The first-order valence-electron chi connectivity index (χ1n) is 8.43. The van der Waals surface area contributed by atoms with E-state index in [1.807, 2.05) is 6.07 Å². The number of carbonyl (C=O) groups is 2. The van der Waals surface area contributed by atoms with E-state index in [0.717, 1.165) is 5.56 Å². The molecule has 0 aliphatic rings. The van der Waals surface area contributed by atoms with E-state index in [9.17, 15) is 9.59 Å². The molecule has 0 bridgehead atoms. The Bertz CT molecular complexity index is 818. The summed E-state index contributed by atoms with van der Waals surface area (Å²) < 4.78 is 10.3. The predicted octanol–water partition coefficient (Wildman–Crippen LogP) is 2.23. The molecule has 142 valence electrons. The summed E-state index contributed by atoms with van der Waals surface area (Å²) in [6.07, 6.45) is 0.112. The van der Waals surface area contributed by atoms with Gasteiger partial charge in [0.25, 0.3) is 5.91 Å². The number of nitrogens with two attached hydrogens (primary N) is 1. The van der Waals surface area contributed by atoms with Crippen molar-refractivity contribution in [2.75, 3.05) is 7.11 Å². The smallest absolute Gasteiger partial charge is 0.307 e. The highest BCUT2D eigenvalue weighted by atomic mass is 16.5. The van der Waals surface area contributed by atoms with Gasteiger partial charge in [-0.05, 0) is 48.9 Å². The van der Waals surface area contributed by atoms with Crippen molar-refractivity contribution >= 4 is 17.7 Å². The molecule has 7 heteroatoms. The largest absolute Gasteiger partial charge is 0.489 e. The summed E-state index contributed by atoms with van der Waals surface area (Å²) in [4.78, 5) is 23.6. The molecule has 0 spiro atoms. The van der Waals surface area contributed by atoms with Crippen LogP contribution in [0.25, 0.3) is 0 Å². The Morgan fingerprint density at radius 2 is 1.85 bits per heavy atom. The third kappa shape index (κ3) is 6.14. The molecule has 2 aromatic carbocycles. The number of amidine groups is 1. The fourth-order valence-electron chi connectivity index (χ4n) is 2.39. The molecule has 0 fully saturated rings. The van der Waals surface area contributed by atoms with E-state index in [4.69, 9.17) is 15.9 Å². The maximum Gasteiger partial charge on any atom is 0.307 e. The normalized spacial score (nSPS) is 11.3. The summed E-state index contributed by atoms with van der Waals surface area (Å²) >= 11 is 0. The first-order valence-corrected chi connectivity index (χ1v) is 8.43. The molecule has 1 atom stereocenters. The number of benzene rings is 2. The zero-order valence-electron chi connectivity index (χ0n) is 15.3. The van der Waals surface area contributed by atoms with Crippen LogP contribution in [0.1, 0.15) is 34.8 Å². The molecule has 0 radical (unpaired) electrons. The lowest BCUT2D eigenvalue weighted by Gasteiger charge is -2.13. The average Bonchev–Trinajstić information content (AvgIpc) is 2.66. The average molecular weight is 369 g/mol. The molecule has 1 unspecified atom stereocenters. The summed E-state index contributed by atoms with van der Waals surface area (Å²) in [6.45, 7) is 2.03. The van der Waals surface area contributed by atoms with Gasteiger partial charge in [0.2, 0.25) is 0 Å². The molecular weight excluding hydrogens is 346 g/mol. The Kier molecular flexibility index (Phi) is 6.93. The second-order valence-electron chi connectivity index (χ2n) is 6.08. The first-order chi connectivity index (χ1) is 12.9. The molecule has 27 heavy (non-hydrogen) atoms. The quantitative estimate of drug-likeness (QED) is 0.375. The Hall–Kier alpha value is -3.35. The molecule has 4 N–H and O–H groups in total. The lowest BCUT2D eigenvalue weighted by atomic mass is 10.1. The van der Waals surface area contributed by atoms with Crippen molar-refractivity contribution in [2.24, 2.45) is 5.73 Å². The van der Waals surface area contributed by atoms with Crippen LogP contribution >= 0.6 is 0 Å². The highest BCUT2D eigenvalue weighted by Crippen LogP contribution is 2.15. The Morgan fingerprint density at radius 1 is 1.15 bits per heavy atom. The van der Waals surface area contributed by atoms with Crippen LogP contribution in [0.5, 0.6) is 5.75 Å². The molecule has 7 nitrogen and oxygen atoms in total. The minimum atomic E-state index is -0.374. The molecule has 2 aromatic rings. The zero-order chi connectivity index (χ0) is 19.8. The van der Waals surface area contributed by atoms with Crippen molar-refractivity contribution in [1.29, 1.82) is 5.41 Å². The topological polar surface area (TPSA) is 114 Å². The zero-order valence-corrected chi connectivity index (χ0v) is 15.3. The van der Waals surface area contributed by atoms with Crippen molar-refractivity contribution < 1.29 is 19.1 Å². The van der Waals surface area contributed by atoms with E-state index < -0.39 is 0 Å². The van der Waals surface area contributed by atoms with E-state index in [-0.39, 0.29) is 36.8 Å². The summed E-state index contributed by atoms with van der Waals surface area (Å²) in [5.74, 6) is 0.00283. The number of carbonyl (C=O) groups excluding carboxylic acids is 2. The van der Waals surface area contributed by atoms with Gasteiger partial charge in [0.15, 0.2) is 0 Å². The van der Waals surface area contributed by atoms with E-state index in [1.165, 1.54) is 7.11 Å². The van der Waals surface area contributed by atoms with Gasteiger partial charge in [-0.3, -0.25) is 15.0 Å². The molecule has 0 heterocycles. The lowest BCUT2D eigenvalue weighted by Crippen LogP contribution is -2.34. The summed E-state index contributed by atoms with van der Waals surface area (Å²) in [7, 11) is 1.31. The molecule has 0 aromatic heterocycles. The third-order valence-corrected chi connectivity index (χ3v) is 3.84. The van der Waals surface area contributed by atoms with Crippen LogP contribution in [0.3, 0.4) is 0 Å². The maximum atomic E-state index is 12.3. The number of hydrogen-bond acceptors (Lipinski definition) is 5. The van der Waals surface area contributed by atoms with Crippen LogP contribution in [-0.4, -0.2) is 30.9 Å². The molecular formula is C20H23N3O4. The number of nitrogen functional groups attached to an aromatic ring is 1. The molecule has 0 aliphatic carbocycles. The van der Waals surface area contributed by atoms with Gasteiger partial charge in [-0.2, -0.15) is 0 Å². The second-order valence-corrected chi connectivity index (χ2v) is 6.08. The van der Waals surface area contributed by atoms with Crippen LogP contribution in [0, 0.1) is 5.41 Å². The van der Waals surface area contributed by atoms with Crippen LogP contribution in [0.2, 0.25) is 0 Å². The number of hydrogen-bond donors (Lipinski definition) is 3. The highest BCUT2D eigenvalue weighted by Gasteiger charge is 2.14. The Balaban J connectivity index is 1.95. The van der Waals surface area contributed by atoms with Crippen molar-refractivity contribution in [1.82, 2.24) is 5.32 Å². The molecule has 1 amide bonds. The second kappa shape index (κ2) is 9.38. The highest BCUT2D eigenvalue weighted by molar-refractivity contribution is 5.95. The number of ether oxygens (including phenoxy) is 2. The van der Waals surface area contributed by atoms with Gasteiger partial charge in [-0.15, -0.1) is 0 Å². The Morgan fingerprint density at radius 3 is 2.48 bits per heavy atom. The summed E-state index contributed by atoms with van der Waals surface area (Å²) in [6, 6.07) is 13.6. The van der Waals surface area contributed by atoms with Crippen LogP contribution < -0.4 is 15.8 Å². The maximum absolute atomic E-state index is 12.3. The SMILES string of the molecule is COC(=O)CC(C)NC(=O)c1cccc(COc2ccc(C(=N)N)cc2)c1. The fraction of sp³-hybridized carbons (Fsp3) is 0.250. The summed E-state index contributed by atoms with van der Waals surface area (Å²) in [5, 5.41) is 10.1. The van der Waals surface area contributed by atoms with Crippen LogP contribution in [0.4, 0.5) is 0 Å². The number of nitrogens with one attached hydrogen (secondary N) is 2. The van der Waals surface area contributed by atoms with Gasteiger partial charge in [-0.1, -0.05) is 12.1 Å². The molecule has 0 aliphatic heterocycles. The van der Waals surface area contributed by atoms with E-state index >= 15 is 0 Å². The van der Waals surface area contributed by atoms with Gasteiger partial charge >= 0.3 is 5.97 Å². The minimum Gasteiger partial charge on any atom is -0.489 e.